The van der Waals surface area contributed by atoms with Crippen LogP contribution in [0.5, 0.6) is 0 Å². The van der Waals surface area contributed by atoms with Gasteiger partial charge in [-0.3, -0.25) is 14.6 Å². The summed E-state index contributed by atoms with van der Waals surface area (Å²) >= 11 is 0. The molecule has 2 atom stereocenters. The molecule has 0 aromatic carbocycles. The molecule has 0 aliphatic heterocycles. The fourth-order valence-electron chi connectivity index (χ4n) is 2.13. The molecule has 0 saturated heterocycles. The van der Waals surface area contributed by atoms with E-state index >= 15 is 0 Å². The molecule has 1 aromatic rings. The Morgan fingerprint density at radius 3 is 2.41 bits per heavy atom. The van der Waals surface area contributed by atoms with Crippen molar-refractivity contribution in [3.05, 3.63) is 32.1 Å². The van der Waals surface area contributed by atoms with E-state index in [2.05, 4.69) is 25.8 Å². The lowest BCUT2D eigenvalue weighted by molar-refractivity contribution is -0.124. The van der Waals surface area contributed by atoms with E-state index in [1.807, 2.05) is 13.8 Å². The molecule has 0 aliphatic rings. The molecular formula is C17H27N5O5. The summed E-state index contributed by atoms with van der Waals surface area (Å²) < 4.78 is 5.18. The zero-order valence-electron chi connectivity index (χ0n) is 16.4. The molecule has 0 fully saturated rings. The van der Waals surface area contributed by atoms with Crippen LogP contribution in [0, 0.1) is 12.8 Å². The first kappa shape index (κ1) is 22.1. The van der Waals surface area contributed by atoms with Gasteiger partial charge in [-0.25, -0.2) is 15.0 Å². The maximum absolute atomic E-state index is 12.4. The molecule has 1 heterocycles. The van der Waals surface area contributed by atoms with Crippen molar-refractivity contribution in [1.29, 1.82) is 0 Å². The molecule has 0 spiro atoms. The first-order chi connectivity index (χ1) is 12.4. The highest BCUT2D eigenvalue weighted by Gasteiger charge is 2.28. The molecule has 150 valence electrons. The van der Waals surface area contributed by atoms with Crippen LogP contribution in [-0.2, 0) is 9.53 Å². The first-order valence-electron chi connectivity index (χ1n) is 8.60. The zero-order chi connectivity index (χ0) is 20.8. The molecule has 0 unspecified atom stereocenters. The second-order valence-electron chi connectivity index (χ2n) is 7.19. The predicted molar refractivity (Wildman–Crippen MR) is 101 cm³/mol. The lowest BCUT2D eigenvalue weighted by Crippen LogP contribution is -2.50. The summed E-state index contributed by atoms with van der Waals surface area (Å²) in [5.74, 6) is -0.726. The van der Waals surface area contributed by atoms with Gasteiger partial charge in [-0.2, -0.15) is 5.10 Å². The Kier molecular flexibility index (Phi) is 7.50. The average Bonchev–Trinajstić information content (AvgIpc) is 2.52. The number of ether oxygens (including phenoxy) is 1. The number of amides is 2. The number of H-pyrrole nitrogens is 2. The second kappa shape index (κ2) is 9.15. The highest BCUT2D eigenvalue weighted by molar-refractivity contribution is 5.87. The number of aromatic nitrogens is 2. The minimum Gasteiger partial charge on any atom is -0.444 e. The van der Waals surface area contributed by atoms with Crippen molar-refractivity contribution >= 4 is 18.2 Å². The van der Waals surface area contributed by atoms with E-state index in [4.69, 9.17) is 4.74 Å². The van der Waals surface area contributed by atoms with Gasteiger partial charge in [0, 0.05) is 5.69 Å². The van der Waals surface area contributed by atoms with E-state index in [1.165, 1.54) is 6.92 Å². The van der Waals surface area contributed by atoms with Crippen LogP contribution in [0.25, 0.3) is 0 Å². The van der Waals surface area contributed by atoms with Gasteiger partial charge >= 0.3 is 11.8 Å². The van der Waals surface area contributed by atoms with Gasteiger partial charge in [-0.15, -0.1) is 0 Å². The van der Waals surface area contributed by atoms with Gasteiger partial charge in [0.2, 0.25) is 0 Å². The number of nitrogens with one attached hydrogen (secondary N) is 4. The minimum atomic E-state index is -0.864. The number of aromatic amines is 2. The highest BCUT2D eigenvalue weighted by atomic mass is 16.6. The molecule has 0 radical (unpaired) electrons. The third-order valence-corrected chi connectivity index (χ3v) is 3.71. The molecule has 1 aromatic heterocycles. The summed E-state index contributed by atoms with van der Waals surface area (Å²) in [7, 11) is 0. The van der Waals surface area contributed by atoms with Crippen LogP contribution in [-0.4, -0.2) is 39.8 Å². The van der Waals surface area contributed by atoms with Gasteiger partial charge in [-0.05, 0) is 33.6 Å². The number of rotatable bonds is 6. The number of carbonyl (C=O) groups is 2. The van der Waals surface area contributed by atoms with Gasteiger partial charge in [0.15, 0.2) is 0 Å². The lowest BCUT2D eigenvalue weighted by atomic mass is 9.99. The molecule has 0 aliphatic carbocycles. The van der Waals surface area contributed by atoms with Crippen LogP contribution in [0.4, 0.5) is 4.79 Å². The smallest absolute Gasteiger partial charge is 0.408 e. The van der Waals surface area contributed by atoms with Crippen molar-refractivity contribution in [3.8, 4) is 0 Å². The Morgan fingerprint density at radius 1 is 1.26 bits per heavy atom. The molecule has 10 nitrogen and oxygen atoms in total. The van der Waals surface area contributed by atoms with Gasteiger partial charge in [0.05, 0.1) is 11.8 Å². The first-order valence-corrected chi connectivity index (χ1v) is 8.60. The molecular weight excluding hydrogens is 354 g/mol. The van der Waals surface area contributed by atoms with Crippen molar-refractivity contribution in [3.63, 3.8) is 0 Å². The summed E-state index contributed by atoms with van der Waals surface area (Å²) in [6.45, 7) is 10.4. The van der Waals surface area contributed by atoms with E-state index in [-0.39, 0.29) is 11.5 Å². The molecule has 10 heteroatoms. The van der Waals surface area contributed by atoms with Gasteiger partial charge in [0.1, 0.15) is 11.6 Å². The fourth-order valence-corrected chi connectivity index (χ4v) is 2.13. The summed E-state index contributed by atoms with van der Waals surface area (Å²) in [6, 6.07) is -0.864. The van der Waals surface area contributed by atoms with Crippen molar-refractivity contribution in [1.82, 2.24) is 20.7 Å². The van der Waals surface area contributed by atoms with Gasteiger partial charge < -0.3 is 15.0 Å². The van der Waals surface area contributed by atoms with Gasteiger partial charge in [0.25, 0.3) is 11.5 Å². The van der Waals surface area contributed by atoms with Crippen LogP contribution in [0.15, 0.2) is 14.7 Å². The van der Waals surface area contributed by atoms with Crippen molar-refractivity contribution < 1.29 is 14.3 Å². The molecule has 2 amide bonds. The fraction of sp³-hybridized carbons (Fsp3) is 0.588. The van der Waals surface area contributed by atoms with E-state index in [9.17, 15) is 19.2 Å². The number of aryl methyl sites for hydroxylation is 1. The normalized spacial score (nSPS) is 13.9. The van der Waals surface area contributed by atoms with Crippen molar-refractivity contribution in [2.45, 2.75) is 59.6 Å². The third-order valence-electron chi connectivity index (χ3n) is 3.71. The quantitative estimate of drug-likeness (QED) is 0.424. The summed E-state index contributed by atoms with van der Waals surface area (Å²) in [5.41, 5.74) is 0.772. The van der Waals surface area contributed by atoms with E-state index < -0.39 is 34.9 Å². The van der Waals surface area contributed by atoms with Crippen LogP contribution in [0.2, 0.25) is 0 Å². The maximum Gasteiger partial charge on any atom is 0.408 e. The van der Waals surface area contributed by atoms with Crippen molar-refractivity contribution in [2.75, 3.05) is 0 Å². The van der Waals surface area contributed by atoms with Crippen LogP contribution < -0.4 is 22.0 Å². The summed E-state index contributed by atoms with van der Waals surface area (Å²) in [5, 5.41) is 6.29. The third kappa shape index (κ3) is 7.08. The number of carbonyl (C=O) groups excluding carboxylic acids is 2. The minimum absolute atomic E-state index is 0.107. The van der Waals surface area contributed by atoms with Crippen LogP contribution in [0.3, 0.4) is 0 Å². The largest absolute Gasteiger partial charge is 0.444 e. The number of hydrazone groups is 1. The monoisotopic (exact) mass is 381 g/mol. The Bertz CT molecular complexity index is 818. The van der Waals surface area contributed by atoms with Gasteiger partial charge in [-0.1, -0.05) is 20.3 Å². The molecule has 4 N–H and O–H groups in total. The predicted octanol–water partition coefficient (Wildman–Crippen LogP) is 0.761. The second-order valence-corrected chi connectivity index (χ2v) is 7.19. The van der Waals surface area contributed by atoms with E-state index in [0.29, 0.717) is 12.1 Å². The molecule has 0 bridgehead atoms. The number of nitrogens with zero attached hydrogens (tertiary/aromatic N) is 1. The number of hydrogen-bond donors (Lipinski definition) is 4. The van der Waals surface area contributed by atoms with Crippen LogP contribution >= 0.6 is 0 Å². The Morgan fingerprint density at radius 2 is 1.89 bits per heavy atom. The number of alkyl carbamates (subject to hydrolysis) is 1. The maximum atomic E-state index is 12.4. The van der Waals surface area contributed by atoms with Crippen molar-refractivity contribution in [2.24, 2.45) is 11.0 Å². The molecule has 0 saturated carbocycles. The van der Waals surface area contributed by atoms with E-state index in [1.54, 1.807) is 20.8 Å². The van der Waals surface area contributed by atoms with Crippen LogP contribution in [0.1, 0.15) is 52.3 Å². The standard InChI is InChI=1S/C17H27N5O5/c1-7-9(2)12(20-16(26)27-17(4,5)6)14(24)22-18-8-11-10(3)19-15(25)21-13(11)23/h8-9,12H,7H2,1-6H3,(H,20,26)(H,22,24)(H2,19,21,23,25)/b18-8-/t9-,12-/m0/s1. The Hall–Kier alpha value is -2.91. The Labute approximate surface area is 156 Å². The SMILES string of the molecule is CC[C@H](C)[C@H](NC(=O)OC(C)(C)C)C(=O)N/N=C\c1c(C)[nH]c(=O)[nH]c1=O. The lowest BCUT2D eigenvalue weighted by Gasteiger charge is -2.25. The highest BCUT2D eigenvalue weighted by Crippen LogP contribution is 2.11. The Balaban J connectivity index is 2.87. The number of hydrogen-bond acceptors (Lipinski definition) is 6. The summed E-state index contributed by atoms with van der Waals surface area (Å²) in [6.07, 6.45) is 1.05. The summed E-state index contributed by atoms with van der Waals surface area (Å²) in [4.78, 5) is 51.8. The topological polar surface area (TPSA) is 146 Å². The molecule has 27 heavy (non-hydrogen) atoms. The molecule has 1 rings (SSSR count). The average molecular weight is 381 g/mol. The van der Waals surface area contributed by atoms with E-state index in [0.717, 1.165) is 6.21 Å². The zero-order valence-corrected chi connectivity index (χ0v) is 16.4.